The van der Waals surface area contributed by atoms with Crippen molar-refractivity contribution in [3.63, 3.8) is 0 Å². The molecule has 0 bridgehead atoms. The fraction of sp³-hybridized carbons (Fsp3) is 0.900. The summed E-state index contributed by atoms with van der Waals surface area (Å²) in [4.78, 5) is 18.6. The van der Waals surface area contributed by atoms with Crippen LogP contribution in [0.25, 0.3) is 0 Å². The number of ether oxygens (including phenoxy) is 1. The highest BCUT2D eigenvalue weighted by atomic mass is 127. The molecule has 7 heteroatoms. The van der Waals surface area contributed by atoms with Gasteiger partial charge >= 0.3 is 0 Å². The number of amides is 1. The predicted molar refractivity (Wildman–Crippen MR) is 120 cm³/mol. The van der Waals surface area contributed by atoms with Gasteiger partial charge in [-0.05, 0) is 32.6 Å². The number of hydrogen-bond acceptors (Lipinski definition) is 3. The Hall–Kier alpha value is -0.570. The van der Waals surface area contributed by atoms with Gasteiger partial charge in [0.2, 0.25) is 5.91 Å². The van der Waals surface area contributed by atoms with Crippen LogP contribution in [0.5, 0.6) is 0 Å². The number of guanidine groups is 1. The van der Waals surface area contributed by atoms with Gasteiger partial charge in [-0.1, -0.05) is 26.7 Å². The van der Waals surface area contributed by atoms with Crippen LogP contribution >= 0.6 is 24.0 Å². The summed E-state index contributed by atoms with van der Waals surface area (Å²) in [6.45, 7) is 8.44. The minimum absolute atomic E-state index is 0. The van der Waals surface area contributed by atoms with Gasteiger partial charge in [0.15, 0.2) is 5.96 Å². The SMILES string of the molecule is CCOC1CC(NC(=NC)NC2CCN(C(=O)C(C)C)C2)C12CCCC2.I. The first kappa shape index (κ1) is 22.7. The Balaban J connectivity index is 0.00000261. The quantitative estimate of drug-likeness (QED) is 0.352. The summed E-state index contributed by atoms with van der Waals surface area (Å²) in [5, 5.41) is 7.22. The van der Waals surface area contributed by atoms with Crippen LogP contribution in [-0.4, -0.2) is 61.7 Å². The molecule has 27 heavy (non-hydrogen) atoms. The number of nitrogens with zero attached hydrogens (tertiary/aromatic N) is 2. The van der Waals surface area contributed by atoms with Gasteiger partial charge in [0, 0.05) is 50.2 Å². The van der Waals surface area contributed by atoms with E-state index in [1.165, 1.54) is 25.7 Å². The van der Waals surface area contributed by atoms with E-state index in [9.17, 15) is 4.79 Å². The number of aliphatic imine (C=N–C) groups is 1. The van der Waals surface area contributed by atoms with E-state index < -0.39 is 0 Å². The van der Waals surface area contributed by atoms with Gasteiger partial charge in [0.25, 0.3) is 0 Å². The summed E-state index contributed by atoms with van der Waals surface area (Å²) in [5.74, 6) is 1.19. The molecule has 1 amide bonds. The largest absolute Gasteiger partial charge is 0.378 e. The van der Waals surface area contributed by atoms with Gasteiger partial charge in [-0.3, -0.25) is 9.79 Å². The minimum Gasteiger partial charge on any atom is -0.378 e. The van der Waals surface area contributed by atoms with Crippen LogP contribution in [0.4, 0.5) is 0 Å². The number of rotatable bonds is 5. The van der Waals surface area contributed by atoms with Crippen molar-refractivity contribution in [1.29, 1.82) is 0 Å². The molecule has 3 atom stereocenters. The molecule has 2 aliphatic carbocycles. The molecule has 0 aromatic carbocycles. The van der Waals surface area contributed by atoms with Gasteiger partial charge in [0.1, 0.15) is 0 Å². The Morgan fingerprint density at radius 3 is 2.59 bits per heavy atom. The zero-order valence-corrected chi connectivity index (χ0v) is 19.6. The van der Waals surface area contributed by atoms with Crippen molar-refractivity contribution < 1.29 is 9.53 Å². The van der Waals surface area contributed by atoms with Crippen LogP contribution in [0, 0.1) is 11.3 Å². The van der Waals surface area contributed by atoms with Crippen LogP contribution in [-0.2, 0) is 9.53 Å². The van der Waals surface area contributed by atoms with Gasteiger partial charge in [-0.25, -0.2) is 0 Å². The summed E-state index contributed by atoms with van der Waals surface area (Å²) < 4.78 is 6.01. The molecule has 3 rings (SSSR count). The van der Waals surface area contributed by atoms with Gasteiger partial charge in [0.05, 0.1) is 6.10 Å². The van der Waals surface area contributed by atoms with Crippen molar-refractivity contribution in [3.05, 3.63) is 0 Å². The number of nitrogens with one attached hydrogen (secondary N) is 2. The van der Waals surface area contributed by atoms with Crippen LogP contribution in [0.1, 0.15) is 59.3 Å². The molecule has 1 aliphatic heterocycles. The lowest BCUT2D eigenvalue weighted by atomic mass is 9.60. The smallest absolute Gasteiger partial charge is 0.225 e. The van der Waals surface area contributed by atoms with Crippen molar-refractivity contribution >= 4 is 35.8 Å². The molecule has 0 aromatic rings. The fourth-order valence-electron chi connectivity index (χ4n) is 5.06. The number of carbonyl (C=O) groups excluding carboxylic acids is 1. The zero-order chi connectivity index (χ0) is 18.7. The van der Waals surface area contributed by atoms with E-state index in [1.54, 1.807) is 0 Å². The van der Waals surface area contributed by atoms with Crippen molar-refractivity contribution in [3.8, 4) is 0 Å². The molecular formula is C20H37IN4O2. The number of hydrogen-bond donors (Lipinski definition) is 2. The Labute approximate surface area is 181 Å². The average Bonchev–Trinajstić information content (AvgIpc) is 3.30. The summed E-state index contributed by atoms with van der Waals surface area (Å²) >= 11 is 0. The Kier molecular flexibility index (Phi) is 8.21. The van der Waals surface area contributed by atoms with Gasteiger partial charge < -0.3 is 20.3 Å². The molecule has 1 spiro atoms. The minimum atomic E-state index is 0. The maximum atomic E-state index is 12.2. The highest BCUT2D eigenvalue weighted by Crippen LogP contribution is 2.54. The molecule has 0 radical (unpaired) electrons. The van der Waals surface area contributed by atoms with E-state index in [4.69, 9.17) is 4.74 Å². The Bertz CT molecular complexity index is 534. The lowest BCUT2D eigenvalue weighted by Gasteiger charge is -2.54. The molecule has 2 saturated carbocycles. The normalized spacial score (nSPS) is 29.6. The Morgan fingerprint density at radius 2 is 2.00 bits per heavy atom. The Morgan fingerprint density at radius 1 is 1.30 bits per heavy atom. The molecule has 1 heterocycles. The lowest BCUT2D eigenvalue weighted by molar-refractivity contribution is -0.133. The molecule has 3 unspecified atom stereocenters. The van der Waals surface area contributed by atoms with E-state index >= 15 is 0 Å². The van der Waals surface area contributed by atoms with E-state index in [0.29, 0.717) is 17.6 Å². The first-order valence-corrected chi connectivity index (χ1v) is 10.4. The third-order valence-corrected chi connectivity index (χ3v) is 6.56. The van der Waals surface area contributed by atoms with Crippen LogP contribution in [0.15, 0.2) is 4.99 Å². The van der Waals surface area contributed by atoms with E-state index in [1.807, 2.05) is 25.8 Å². The molecule has 2 N–H and O–H groups in total. The molecule has 0 aromatic heterocycles. The van der Waals surface area contributed by atoms with Gasteiger partial charge in [-0.15, -0.1) is 24.0 Å². The lowest BCUT2D eigenvalue weighted by Crippen LogP contribution is -2.65. The molecular weight excluding hydrogens is 455 g/mol. The fourth-order valence-corrected chi connectivity index (χ4v) is 5.06. The molecule has 3 aliphatic rings. The standard InChI is InChI=1S/C20H36N4O2.HI/c1-5-26-17-12-16(20(17)9-6-7-10-20)23-19(21-4)22-15-8-11-24(13-15)18(25)14(2)3;/h14-17H,5-13H2,1-4H3,(H2,21,22,23);1H. The summed E-state index contributed by atoms with van der Waals surface area (Å²) in [5.41, 5.74) is 0.295. The third kappa shape index (κ3) is 4.71. The van der Waals surface area contributed by atoms with E-state index in [0.717, 1.165) is 38.5 Å². The number of carbonyl (C=O) groups is 1. The first-order chi connectivity index (χ1) is 12.5. The third-order valence-electron chi connectivity index (χ3n) is 6.56. The summed E-state index contributed by atoms with van der Waals surface area (Å²) in [7, 11) is 1.83. The summed E-state index contributed by atoms with van der Waals surface area (Å²) in [6, 6.07) is 0.730. The van der Waals surface area contributed by atoms with Crippen molar-refractivity contribution in [2.45, 2.75) is 77.5 Å². The second-order valence-electron chi connectivity index (χ2n) is 8.46. The predicted octanol–water partition coefficient (Wildman–Crippen LogP) is 2.76. The van der Waals surface area contributed by atoms with E-state index in [-0.39, 0.29) is 41.8 Å². The highest BCUT2D eigenvalue weighted by molar-refractivity contribution is 14.0. The molecule has 156 valence electrons. The molecule has 1 saturated heterocycles. The topological polar surface area (TPSA) is 66.0 Å². The average molecular weight is 492 g/mol. The summed E-state index contributed by atoms with van der Waals surface area (Å²) in [6.07, 6.45) is 7.58. The maximum Gasteiger partial charge on any atom is 0.225 e. The van der Waals surface area contributed by atoms with Crippen molar-refractivity contribution in [1.82, 2.24) is 15.5 Å². The van der Waals surface area contributed by atoms with Crippen LogP contribution < -0.4 is 10.6 Å². The van der Waals surface area contributed by atoms with E-state index in [2.05, 4.69) is 22.5 Å². The monoisotopic (exact) mass is 492 g/mol. The molecule has 3 fully saturated rings. The zero-order valence-electron chi connectivity index (χ0n) is 17.3. The molecule has 6 nitrogen and oxygen atoms in total. The van der Waals surface area contributed by atoms with Crippen molar-refractivity contribution in [2.75, 3.05) is 26.7 Å². The number of halogens is 1. The highest BCUT2D eigenvalue weighted by Gasteiger charge is 2.57. The number of likely N-dealkylation sites (tertiary alicyclic amines) is 1. The second-order valence-corrected chi connectivity index (χ2v) is 8.46. The maximum absolute atomic E-state index is 12.2. The van der Waals surface area contributed by atoms with Crippen LogP contribution in [0.3, 0.4) is 0 Å². The van der Waals surface area contributed by atoms with Gasteiger partial charge in [-0.2, -0.15) is 0 Å². The van der Waals surface area contributed by atoms with Crippen molar-refractivity contribution in [2.24, 2.45) is 16.3 Å². The van der Waals surface area contributed by atoms with Crippen LogP contribution in [0.2, 0.25) is 0 Å². The first-order valence-electron chi connectivity index (χ1n) is 10.4. The second kappa shape index (κ2) is 9.76.